The average Bonchev–Trinajstić information content (AvgIpc) is 2.88. The highest BCUT2D eigenvalue weighted by Crippen LogP contribution is 2.32. The van der Waals surface area contributed by atoms with E-state index < -0.39 is 5.41 Å². The van der Waals surface area contributed by atoms with E-state index in [-0.39, 0.29) is 5.91 Å². The summed E-state index contributed by atoms with van der Waals surface area (Å²) < 4.78 is 5.00. The topological polar surface area (TPSA) is 67.6 Å². The zero-order valence-corrected chi connectivity index (χ0v) is 12.9. The van der Waals surface area contributed by atoms with E-state index in [9.17, 15) is 4.79 Å². The molecule has 116 valence electrons. The van der Waals surface area contributed by atoms with Crippen LogP contribution in [-0.4, -0.2) is 39.3 Å². The summed E-state index contributed by atoms with van der Waals surface area (Å²) >= 11 is 0. The first kappa shape index (κ1) is 15.8. The zero-order chi connectivity index (χ0) is 15.3. The predicted octanol–water partition coefficient (Wildman–Crippen LogP) is 1.12. The third kappa shape index (κ3) is 3.95. The smallest absolute Gasteiger partial charge is 0.225 e. The fraction of sp³-hybridized carbons (Fsp3) is 0.562. The molecule has 21 heavy (non-hydrogen) atoms. The Balaban J connectivity index is 1.89. The van der Waals surface area contributed by atoms with Gasteiger partial charge in [-0.05, 0) is 31.0 Å². The molecule has 1 aliphatic heterocycles. The van der Waals surface area contributed by atoms with Gasteiger partial charge >= 0.3 is 0 Å². The molecule has 0 aromatic heterocycles. The van der Waals surface area contributed by atoms with Crippen molar-refractivity contribution in [3.8, 4) is 0 Å². The lowest BCUT2D eigenvalue weighted by molar-refractivity contribution is -0.125. The number of ether oxygens (including phenoxy) is 1. The van der Waals surface area contributed by atoms with Gasteiger partial charge in [0, 0.05) is 39.0 Å². The molecule has 1 unspecified atom stereocenters. The summed E-state index contributed by atoms with van der Waals surface area (Å²) in [5.41, 5.74) is 7.49. The summed E-state index contributed by atoms with van der Waals surface area (Å²) in [5, 5.41) is 3.32. The van der Waals surface area contributed by atoms with Gasteiger partial charge in [-0.3, -0.25) is 4.79 Å². The maximum absolute atomic E-state index is 11.5. The lowest BCUT2D eigenvalue weighted by atomic mass is 9.89. The Morgan fingerprint density at radius 1 is 1.43 bits per heavy atom. The fourth-order valence-corrected chi connectivity index (χ4v) is 2.61. The summed E-state index contributed by atoms with van der Waals surface area (Å²) in [4.78, 5) is 13.7. The van der Waals surface area contributed by atoms with Crippen molar-refractivity contribution in [1.29, 1.82) is 0 Å². The van der Waals surface area contributed by atoms with E-state index >= 15 is 0 Å². The highest BCUT2D eigenvalue weighted by Gasteiger charge is 2.38. The number of nitrogens with one attached hydrogen (secondary N) is 1. The number of rotatable bonds is 7. The molecule has 2 rings (SSSR count). The molecule has 5 heteroatoms. The van der Waals surface area contributed by atoms with Gasteiger partial charge in [-0.1, -0.05) is 12.1 Å². The molecule has 1 aliphatic rings. The minimum Gasteiger partial charge on any atom is -0.383 e. The number of carbonyl (C=O) groups excluding carboxylic acids is 1. The van der Waals surface area contributed by atoms with Crippen molar-refractivity contribution in [3.63, 3.8) is 0 Å². The molecule has 1 atom stereocenters. The van der Waals surface area contributed by atoms with E-state index in [1.54, 1.807) is 7.11 Å². The van der Waals surface area contributed by atoms with Crippen molar-refractivity contribution < 1.29 is 9.53 Å². The van der Waals surface area contributed by atoms with Crippen molar-refractivity contribution in [2.45, 2.75) is 19.9 Å². The molecule has 0 radical (unpaired) electrons. The van der Waals surface area contributed by atoms with E-state index in [4.69, 9.17) is 10.5 Å². The second-order valence-electron chi connectivity index (χ2n) is 5.93. The summed E-state index contributed by atoms with van der Waals surface area (Å²) in [7, 11) is 1.70. The number of nitrogens with zero attached hydrogens (tertiary/aromatic N) is 1. The van der Waals surface area contributed by atoms with Gasteiger partial charge in [0.05, 0.1) is 12.0 Å². The molecule has 0 bridgehead atoms. The van der Waals surface area contributed by atoms with Crippen molar-refractivity contribution in [2.75, 3.05) is 38.3 Å². The van der Waals surface area contributed by atoms with Crippen LogP contribution in [0.1, 0.15) is 18.9 Å². The number of amides is 1. The molecule has 1 saturated heterocycles. The number of primary amides is 1. The van der Waals surface area contributed by atoms with Gasteiger partial charge in [0.1, 0.15) is 0 Å². The first-order valence-corrected chi connectivity index (χ1v) is 7.38. The van der Waals surface area contributed by atoms with Gasteiger partial charge in [0.15, 0.2) is 0 Å². The van der Waals surface area contributed by atoms with Crippen LogP contribution in [0, 0.1) is 5.41 Å². The molecule has 1 amide bonds. The molecular weight excluding hydrogens is 266 g/mol. The van der Waals surface area contributed by atoms with Gasteiger partial charge in [-0.25, -0.2) is 0 Å². The Bertz CT molecular complexity index is 475. The van der Waals surface area contributed by atoms with Crippen LogP contribution in [-0.2, 0) is 16.1 Å². The van der Waals surface area contributed by atoms with E-state index in [0.29, 0.717) is 6.54 Å². The van der Waals surface area contributed by atoms with Crippen molar-refractivity contribution in [2.24, 2.45) is 11.1 Å². The molecule has 1 aromatic rings. The normalized spacial score (nSPS) is 21.7. The first-order chi connectivity index (χ1) is 10.0. The van der Waals surface area contributed by atoms with Crippen LogP contribution in [0.25, 0.3) is 0 Å². The first-order valence-electron chi connectivity index (χ1n) is 7.38. The van der Waals surface area contributed by atoms with E-state index in [0.717, 1.165) is 38.3 Å². The van der Waals surface area contributed by atoms with Crippen molar-refractivity contribution >= 4 is 11.6 Å². The minimum absolute atomic E-state index is 0.205. The highest BCUT2D eigenvalue weighted by molar-refractivity contribution is 5.82. The number of nitrogens with two attached hydrogens (primary N) is 1. The van der Waals surface area contributed by atoms with Crippen molar-refractivity contribution in [1.82, 2.24) is 5.32 Å². The number of methoxy groups -OCH3 is 1. The standard InChI is InChI=1S/C16H25N3O2/c1-16(15(17)20)7-9-19(12-16)14-5-3-13(4-6-14)11-18-8-10-21-2/h3-6,18H,7-12H2,1-2H3,(H2,17,20). The monoisotopic (exact) mass is 291 g/mol. The molecule has 1 heterocycles. The highest BCUT2D eigenvalue weighted by atomic mass is 16.5. The van der Waals surface area contributed by atoms with E-state index in [2.05, 4.69) is 34.5 Å². The van der Waals surface area contributed by atoms with Crippen LogP contribution < -0.4 is 16.0 Å². The second-order valence-corrected chi connectivity index (χ2v) is 5.93. The average molecular weight is 291 g/mol. The summed E-state index contributed by atoms with van der Waals surface area (Å²) in [5.74, 6) is -0.205. The predicted molar refractivity (Wildman–Crippen MR) is 84.2 cm³/mol. The molecule has 5 nitrogen and oxygen atoms in total. The fourth-order valence-electron chi connectivity index (χ4n) is 2.61. The van der Waals surface area contributed by atoms with Crippen molar-refractivity contribution in [3.05, 3.63) is 29.8 Å². The number of benzene rings is 1. The Hall–Kier alpha value is -1.59. The molecule has 1 aromatic carbocycles. The Kier molecular flexibility index (Phi) is 5.20. The third-order valence-corrected chi connectivity index (χ3v) is 4.18. The van der Waals surface area contributed by atoms with Gasteiger partial charge in [0.2, 0.25) is 5.91 Å². The van der Waals surface area contributed by atoms with Gasteiger partial charge in [-0.2, -0.15) is 0 Å². The number of hydrogen-bond acceptors (Lipinski definition) is 4. The van der Waals surface area contributed by atoms with E-state index in [1.807, 2.05) is 6.92 Å². The summed E-state index contributed by atoms with van der Waals surface area (Å²) in [6, 6.07) is 8.46. The number of carbonyl (C=O) groups is 1. The lowest BCUT2D eigenvalue weighted by Gasteiger charge is -2.22. The van der Waals surface area contributed by atoms with Crippen LogP contribution in [0.5, 0.6) is 0 Å². The lowest BCUT2D eigenvalue weighted by Crippen LogP contribution is -2.37. The largest absolute Gasteiger partial charge is 0.383 e. The van der Waals surface area contributed by atoms with E-state index in [1.165, 1.54) is 5.56 Å². The Labute approximate surface area is 126 Å². The molecule has 0 saturated carbocycles. The SMILES string of the molecule is COCCNCc1ccc(N2CCC(C)(C(N)=O)C2)cc1. The Morgan fingerprint density at radius 2 is 2.14 bits per heavy atom. The van der Waals surface area contributed by atoms with Crippen LogP contribution in [0.15, 0.2) is 24.3 Å². The van der Waals surface area contributed by atoms with Crippen LogP contribution in [0.4, 0.5) is 5.69 Å². The zero-order valence-electron chi connectivity index (χ0n) is 12.9. The second kappa shape index (κ2) is 6.91. The van der Waals surface area contributed by atoms with Crippen LogP contribution in [0.2, 0.25) is 0 Å². The summed E-state index contributed by atoms with van der Waals surface area (Å²) in [6.07, 6.45) is 0.822. The summed E-state index contributed by atoms with van der Waals surface area (Å²) in [6.45, 7) is 5.93. The van der Waals surface area contributed by atoms with Gasteiger partial charge in [-0.15, -0.1) is 0 Å². The molecule has 1 fully saturated rings. The third-order valence-electron chi connectivity index (χ3n) is 4.18. The Morgan fingerprint density at radius 3 is 2.71 bits per heavy atom. The quantitative estimate of drug-likeness (QED) is 0.739. The molecular formula is C16H25N3O2. The number of hydrogen-bond donors (Lipinski definition) is 2. The molecule has 0 spiro atoms. The maximum atomic E-state index is 11.5. The van der Waals surface area contributed by atoms with Crippen LogP contribution >= 0.6 is 0 Å². The van der Waals surface area contributed by atoms with Gasteiger partial charge < -0.3 is 20.7 Å². The maximum Gasteiger partial charge on any atom is 0.225 e. The molecule has 0 aliphatic carbocycles. The van der Waals surface area contributed by atoms with Gasteiger partial charge in [0.25, 0.3) is 0 Å². The number of anilines is 1. The van der Waals surface area contributed by atoms with Crippen LogP contribution in [0.3, 0.4) is 0 Å². The molecule has 3 N–H and O–H groups in total. The minimum atomic E-state index is -0.402.